The van der Waals surface area contributed by atoms with Crippen LogP contribution in [0.15, 0.2) is 60.4 Å². The van der Waals surface area contributed by atoms with Crippen molar-refractivity contribution in [2.24, 2.45) is 7.05 Å². The number of carbonyl (C=O) groups is 1. The largest absolute Gasteiger partial charge is 0.415 e. The number of piperazine rings is 1. The lowest BCUT2D eigenvalue weighted by Gasteiger charge is -2.33. The first-order valence-electron chi connectivity index (χ1n) is 10.3. The maximum absolute atomic E-state index is 12.5. The van der Waals surface area contributed by atoms with Gasteiger partial charge < -0.3 is 14.2 Å². The van der Waals surface area contributed by atoms with Gasteiger partial charge in [-0.25, -0.2) is 9.78 Å². The van der Waals surface area contributed by atoms with Gasteiger partial charge in [0, 0.05) is 76.5 Å². The van der Waals surface area contributed by atoms with Crippen LogP contribution in [-0.4, -0.2) is 67.3 Å². The third-order valence-electron chi connectivity index (χ3n) is 5.16. The van der Waals surface area contributed by atoms with E-state index < -0.39 is 0 Å². The van der Waals surface area contributed by atoms with Gasteiger partial charge in [-0.2, -0.15) is 0 Å². The van der Waals surface area contributed by atoms with Crippen LogP contribution in [0.25, 0.3) is 0 Å². The predicted octanol–water partition coefficient (Wildman–Crippen LogP) is 2.86. The van der Waals surface area contributed by atoms with Crippen LogP contribution in [0.1, 0.15) is 11.3 Å². The van der Waals surface area contributed by atoms with Gasteiger partial charge in [-0.05, 0) is 24.1 Å². The molecule has 162 valence electrons. The Hall–Kier alpha value is -2.91. The number of hydrogen-bond acceptors (Lipinski definition) is 7. The van der Waals surface area contributed by atoms with E-state index in [9.17, 15) is 4.79 Å². The second-order valence-electron chi connectivity index (χ2n) is 7.39. The highest BCUT2D eigenvalue weighted by Crippen LogP contribution is 2.19. The molecule has 9 heteroatoms. The Balaban J connectivity index is 1.19. The summed E-state index contributed by atoms with van der Waals surface area (Å²) in [6, 6.07) is 7.76. The predicted molar refractivity (Wildman–Crippen MR) is 119 cm³/mol. The number of thioether (sulfide) groups is 1. The molecule has 4 rings (SSSR count). The highest BCUT2D eigenvalue weighted by molar-refractivity contribution is 7.99. The van der Waals surface area contributed by atoms with Gasteiger partial charge in [0.1, 0.15) is 5.75 Å². The number of amides is 1. The molecular weight excluding hydrogens is 412 g/mol. The van der Waals surface area contributed by atoms with E-state index >= 15 is 0 Å². The fraction of sp³-hybridized carbons (Fsp3) is 0.364. The zero-order valence-corrected chi connectivity index (χ0v) is 18.4. The number of hydrogen-bond donors (Lipinski definition) is 0. The quantitative estimate of drug-likeness (QED) is 0.525. The number of aryl methyl sites for hydroxylation is 2. The summed E-state index contributed by atoms with van der Waals surface area (Å²) < 4.78 is 7.59. The number of imidazole rings is 1. The molecule has 0 atom stereocenters. The van der Waals surface area contributed by atoms with E-state index in [1.54, 1.807) is 35.3 Å². The molecular formula is C22H26N6O2S. The molecule has 1 aliphatic rings. The molecule has 0 spiro atoms. The lowest BCUT2D eigenvalue weighted by Crippen LogP contribution is -2.49. The number of ether oxygens (including phenoxy) is 1. The standard InChI is InChI=1S/C22H26N6O2S/c1-26-10-9-25-21(26)31-15-6-18-2-4-20(5-3-18)30-22(29)28-13-11-27(12-14-28)17-19-16-23-7-8-24-19/h2-5,7-10,16H,6,11-15,17H2,1H3. The molecule has 0 saturated carbocycles. The van der Waals surface area contributed by atoms with Crippen molar-refractivity contribution in [2.75, 3.05) is 31.9 Å². The first-order valence-corrected chi connectivity index (χ1v) is 11.3. The first-order chi connectivity index (χ1) is 15.2. The molecule has 1 saturated heterocycles. The van der Waals surface area contributed by atoms with Crippen molar-refractivity contribution >= 4 is 17.9 Å². The average Bonchev–Trinajstić information content (AvgIpc) is 3.21. The smallest absolute Gasteiger partial charge is 0.410 e. The molecule has 2 aromatic heterocycles. The molecule has 0 radical (unpaired) electrons. The van der Waals surface area contributed by atoms with Gasteiger partial charge in [-0.15, -0.1) is 0 Å². The van der Waals surface area contributed by atoms with Gasteiger partial charge in [0.15, 0.2) is 5.16 Å². The van der Waals surface area contributed by atoms with Crippen LogP contribution in [0, 0.1) is 0 Å². The van der Waals surface area contributed by atoms with Gasteiger partial charge in [0.2, 0.25) is 0 Å². The minimum atomic E-state index is -0.294. The lowest BCUT2D eigenvalue weighted by molar-refractivity contribution is 0.107. The summed E-state index contributed by atoms with van der Waals surface area (Å²) in [6.07, 6.45) is 9.55. The topological polar surface area (TPSA) is 76.4 Å². The molecule has 3 aromatic rings. The van der Waals surface area contributed by atoms with Crippen molar-refractivity contribution in [3.63, 3.8) is 0 Å². The summed E-state index contributed by atoms with van der Waals surface area (Å²) in [5.74, 6) is 1.52. The zero-order chi connectivity index (χ0) is 21.5. The Kier molecular flexibility index (Phi) is 7.16. The zero-order valence-electron chi connectivity index (χ0n) is 17.6. The van der Waals surface area contributed by atoms with E-state index in [2.05, 4.69) is 19.9 Å². The van der Waals surface area contributed by atoms with Crippen LogP contribution >= 0.6 is 11.8 Å². The van der Waals surface area contributed by atoms with E-state index in [0.29, 0.717) is 18.8 Å². The lowest BCUT2D eigenvalue weighted by atomic mass is 10.2. The number of aromatic nitrogens is 4. The molecule has 0 bridgehead atoms. The number of benzene rings is 1. The summed E-state index contributed by atoms with van der Waals surface area (Å²) in [5, 5.41) is 1.02. The molecule has 1 amide bonds. The van der Waals surface area contributed by atoms with Crippen LogP contribution in [0.3, 0.4) is 0 Å². The SMILES string of the molecule is Cn1ccnc1SCCc1ccc(OC(=O)N2CCN(Cc3cnccn3)CC2)cc1. The molecule has 8 nitrogen and oxygen atoms in total. The Morgan fingerprint density at radius 3 is 2.55 bits per heavy atom. The summed E-state index contributed by atoms with van der Waals surface area (Å²) in [6.45, 7) is 3.61. The average molecular weight is 439 g/mol. The van der Waals surface area contributed by atoms with Crippen molar-refractivity contribution < 1.29 is 9.53 Å². The van der Waals surface area contributed by atoms with E-state index in [4.69, 9.17) is 4.74 Å². The Morgan fingerprint density at radius 1 is 1.06 bits per heavy atom. The normalized spacial score (nSPS) is 14.5. The second kappa shape index (κ2) is 10.4. The maximum Gasteiger partial charge on any atom is 0.415 e. The van der Waals surface area contributed by atoms with Gasteiger partial charge in [-0.3, -0.25) is 14.9 Å². The highest BCUT2D eigenvalue weighted by Gasteiger charge is 2.22. The van der Waals surface area contributed by atoms with E-state index in [0.717, 1.165) is 42.7 Å². The summed E-state index contributed by atoms with van der Waals surface area (Å²) >= 11 is 1.73. The minimum Gasteiger partial charge on any atom is -0.410 e. The minimum absolute atomic E-state index is 0.294. The fourth-order valence-corrected chi connectivity index (χ4v) is 4.29. The van der Waals surface area contributed by atoms with Crippen molar-refractivity contribution in [3.8, 4) is 5.75 Å². The maximum atomic E-state index is 12.5. The van der Waals surface area contributed by atoms with Crippen molar-refractivity contribution in [1.82, 2.24) is 29.3 Å². The summed E-state index contributed by atoms with van der Waals surface area (Å²) in [4.78, 5) is 29.3. The first kappa shape index (κ1) is 21.3. The van der Waals surface area contributed by atoms with Crippen LogP contribution in [-0.2, 0) is 20.0 Å². The van der Waals surface area contributed by atoms with Gasteiger partial charge in [0.05, 0.1) is 5.69 Å². The third kappa shape index (κ3) is 6.05. The molecule has 3 heterocycles. The molecule has 1 fully saturated rings. The molecule has 0 unspecified atom stereocenters. The Bertz CT molecular complexity index is 971. The van der Waals surface area contributed by atoms with E-state index in [1.807, 2.05) is 48.3 Å². The van der Waals surface area contributed by atoms with Crippen molar-refractivity contribution in [2.45, 2.75) is 18.1 Å². The second-order valence-corrected chi connectivity index (χ2v) is 8.45. The summed E-state index contributed by atoms with van der Waals surface area (Å²) in [7, 11) is 2.00. The van der Waals surface area contributed by atoms with E-state index in [-0.39, 0.29) is 6.09 Å². The third-order valence-corrected chi connectivity index (χ3v) is 6.22. The van der Waals surface area contributed by atoms with Crippen LogP contribution in [0.5, 0.6) is 5.75 Å². The van der Waals surface area contributed by atoms with Crippen molar-refractivity contribution in [3.05, 3.63) is 66.5 Å². The molecule has 1 aliphatic heterocycles. The Morgan fingerprint density at radius 2 is 1.87 bits per heavy atom. The fourth-order valence-electron chi connectivity index (χ4n) is 3.37. The van der Waals surface area contributed by atoms with Gasteiger partial charge >= 0.3 is 6.09 Å². The van der Waals surface area contributed by atoms with Crippen LogP contribution in [0.2, 0.25) is 0 Å². The molecule has 1 aromatic carbocycles. The molecule has 0 aliphatic carbocycles. The molecule has 31 heavy (non-hydrogen) atoms. The summed E-state index contributed by atoms with van der Waals surface area (Å²) in [5.41, 5.74) is 2.15. The van der Waals surface area contributed by atoms with Crippen LogP contribution < -0.4 is 4.74 Å². The monoisotopic (exact) mass is 438 g/mol. The van der Waals surface area contributed by atoms with E-state index in [1.165, 1.54) is 5.56 Å². The van der Waals surface area contributed by atoms with Gasteiger partial charge in [0.25, 0.3) is 0 Å². The Labute approximate surface area is 186 Å². The van der Waals surface area contributed by atoms with Crippen LogP contribution in [0.4, 0.5) is 4.79 Å². The van der Waals surface area contributed by atoms with Crippen molar-refractivity contribution in [1.29, 1.82) is 0 Å². The highest BCUT2D eigenvalue weighted by atomic mass is 32.2. The van der Waals surface area contributed by atoms with Gasteiger partial charge in [-0.1, -0.05) is 23.9 Å². The number of nitrogens with zero attached hydrogens (tertiary/aromatic N) is 6. The number of rotatable bonds is 7. The number of carbonyl (C=O) groups excluding carboxylic acids is 1. The molecule has 0 N–H and O–H groups in total.